The van der Waals surface area contributed by atoms with Gasteiger partial charge in [-0.25, -0.2) is 4.79 Å². The smallest absolute Gasteiger partial charge is 0.321 e. The second kappa shape index (κ2) is 7.33. The lowest BCUT2D eigenvalue weighted by molar-refractivity contribution is -0.120. The molecule has 104 valence electrons. The summed E-state index contributed by atoms with van der Waals surface area (Å²) >= 11 is 0. The number of hydrogen-bond donors (Lipinski definition) is 3. The summed E-state index contributed by atoms with van der Waals surface area (Å²) in [5.74, 6) is -0.300. The lowest BCUT2D eigenvalue weighted by Crippen LogP contribution is -2.45. The Balaban J connectivity index is 2.29. The van der Waals surface area contributed by atoms with Crippen LogP contribution in [0, 0.1) is 0 Å². The van der Waals surface area contributed by atoms with E-state index in [-0.39, 0.29) is 24.5 Å². The van der Waals surface area contributed by atoms with Gasteiger partial charge in [0.25, 0.3) is 0 Å². The monoisotopic (exact) mass is 257 g/mol. The molecule has 0 saturated heterocycles. The molecular formula is C12H23N3O3. The van der Waals surface area contributed by atoms with Crippen LogP contribution in [-0.2, 0) is 4.79 Å². The molecule has 3 N–H and O–H groups in total. The van der Waals surface area contributed by atoms with Gasteiger partial charge in [0.2, 0.25) is 5.91 Å². The summed E-state index contributed by atoms with van der Waals surface area (Å²) in [6.07, 6.45) is 3.95. The molecule has 0 aromatic heterocycles. The highest BCUT2D eigenvalue weighted by molar-refractivity contribution is 5.94. The van der Waals surface area contributed by atoms with Gasteiger partial charge in [0.1, 0.15) is 0 Å². The minimum absolute atomic E-state index is 0.131. The van der Waals surface area contributed by atoms with Gasteiger partial charge < -0.3 is 15.3 Å². The molecule has 0 spiro atoms. The Kier molecular flexibility index (Phi) is 6.07. The second-order valence-corrected chi connectivity index (χ2v) is 4.78. The molecule has 1 saturated carbocycles. The van der Waals surface area contributed by atoms with Crippen molar-refractivity contribution in [3.63, 3.8) is 0 Å². The Morgan fingerprint density at radius 1 is 1.33 bits per heavy atom. The molecule has 6 nitrogen and oxygen atoms in total. The lowest BCUT2D eigenvalue weighted by Gasteiger charge is -2.35. The molecule has 0 aromatic carbocycles. The largest absolute Gasteiger partial charge is 0.391 e. The summed E-state index contributed by atoms with van der Waals surface area (Å²) < 4.78 is 0. The topological polar surface area (TPSA) is 81.7 Å². The van der Waals surface area contributed by atoms with Crippen LogP contribution in [0.2, 0.25) is 0 Å². The van der Waals surface area contributed by atoms with Crippen molar-refractivity contribution in [3.05, 3.63) is 0 Å². The fourth-order valence-electron chi connectivity index (χ4n) is 2.30. The Bertz CT molecular complexity index is 296. The third-order valence-corrected chi connectivity index (χ3v) is 3.43. The van der Waals surface area contributed by atoms with Crippen LogP contribution < -0.4 is 10.6 Å². The molecule has 2 unspecified atom stereocenters. The van der Waals surface area contributed by atoms with Crippen LogP contribution in [0.5, 0.6) is 0 Å². The summed E-state index contributed by atoms with van der Waals surface area (Å²) in [6, 6.07) is -0.355. The Morgan fingerprint density at radius 2 is 2.00 bits per heavy atom. The van der Waals surface area contributed by atoms with Gasteiger partial charge in [-0.3, -0.25) is 10.1 Å². The molecular weight excluding hydrogens is 234 g/mol. The number of urea groups is 1. The SMILES string of the molecule is CNC(=O)NC(=O)CCN(C)C1CCCCC1O. The van der Waals surface area contributed by atoms with E-state index >= 15 is 0 Å². The fraction of sp³-hybridized carbons (Fsp3) is 0.833. The van der Waals surface area contributed by atoms with E-state index in [2.05, 4.69) is 10.6 Å². The zero-order valence-corrected chi connectivity index (χ0v) is 11.1. The Labute approximate surface area is 108 Å². The quantitative estimate of drug-likeness (QED) is 0.665. The van der Waals surface area contributed by atoms with Gasteiger partial charge in [-0.2, -0.15) is 0 Å². The van der Waals surface area contributed by atoms with E-state index in [0.29, 0.717) is 6.54 Å². The molecule has 1 aliphatic rings. The van der Waals surface area contributed by atoms with Gasteiger partial charge >= 0.3 is 6.03 Å². The molecule has 1 rings (SSSR count). The lowest BCUT2D eigenvalue weighted by atomic mass is 9.91. The first-order valence-electron chi connectivity index (χ1n) is 6.44. The number of carbonyl (C=O) groups excluding carboxylic acids is 2. The third kappa shape index (κ3) is 4.62. The molecule has 6 heteroatoms. The number of carbonyl (C=O) groups is 2. The minimum atomic E-state index is -0.486. The molecule has 0 radical (unpaired) electrons. The van der Waals surface area contributed by atoms with Crippen molar-refractivity contribution in [3.8, 4) is 0 Å². The van der Waals surface area contributed by atoms with Crippen LogP contribution in [0.15, 0.2) is 0 Å². The van der Waals surface area contributed by atoms with Gasteiger partial charge in [-0.15, -0.1) is 0 Å². The average molecular weight is 257 g/mol. The molecule has 0 heterocycles. The summed E-state index contributed by atoms with van der Waals surface area (Å²) in [4.78, 5) is 24.4. The highest BCUT2D eigenvalue weighted by Gasteiger charge is 2.26. The minimum Gasteiger partial charge on any atom is -0.391 e. The van der Waals surface area contributed by atoms with Crippen LogP contribution in [0.4, 0.5) is 4.79 Å². The van der Waals surface area contributed by atoms with Crippen molar-refractivity contribution in [1.82, 2.24) is 15.5 Å². The first-order valence-corrected chi connectivity index (χ1v) is 6.44. The van der Waals surface area contributed by atoms with Crippen LogP contribution in [0.1, 0.15) is 32.1 Å². The Morgan fingerprint density at radius 3 is 2.61 bits per heavy atom. The molecule has 3 amide bonds. The molecule has 0 aliphatic heterocycles. The number of imide groups is 1. The van der Waals surface area contributed by atoms with E-state index in [4.69, 9.17) is 0 Å². The summed E-state index contributed by atoms with van der Waals surface area (Å²) in [6.45, 7) is 0.546. The van der Waals surface area contributed by atoms with Crippen molar-refractivity contribution in [2.24, 2.45) is 0 Å². The number of nitrogens with one attached hydrogen (secondary N) is 2. The van der Waals surface area contributed by atoms with E-state index in [9.17, 15) is 14.7 Å². The van der Waals surface area contributed by atoms with Crippen LogP contribution >= 0.6 is 0 Å². The highest BCUT2D eigenvalue weighted by atomic mass is 16.3. The van der Waals surface area contributed by atoms with Crippen molar-refractivity contribution in [2.45, 2.75) is 44.2 Å². The maximum atomic E-state index is 11.4. The highest BCUT2D eigenvalue weighted by Crippen LogP contribution is 2.22. The van der Waals surface area contributed by atoms with Crippen molar-refractivity contribution < 1.29 is 14.7 Å². The molecule has 2 atom stereocenters. The zero-order chi connectivity index (χ0) is 13.5. The van der Waals surface area contributed by atoms with Crippen LogP contribution in [0.25, 0.3) is 0 Å². The van der Waals surface area contributed by atoms with Crippen molar-refractivity contribution in [2.75, 3.05) is 20.6 Å². The third-order valence-electron chi connectivity index (χ3n) is 3.43. The van der Waals surface area contributed by atoms with Crippen LogP contribution in [-0.4, -0.2) is 54.7 Å². The fourth-order valence-corrected chi connectivity index (χ4v) is 2.30. The molecule has 1 fully saturated rings. The number of aliphatic hydroxyl groups is 1. The second-order valence-electron chi connectivity index (χ2n) is 4.78. The average Bonchev–Trinajstić information content (AvgIpc) is 2.36. The number of nitrogens with zero attached hydrogens (tertiary/aromatic N) is 1. The number of aliphatic hydroxyl groups excluding tert-OH is 1. The van der Waals surface area contributed by atoms with Gasteiger partial charge in [0.15, 0.2) is 0 Å². The van der Waals surface area contributed by atoms with Gasteiger partial charge in [-0.1, -0.05) is 12.8 Å². The normalized spacial score (nSPS) is 23.8. The predicted octanol–water partition coefficient (Wildman–Crippen LogP) is 0.0674. The summed E-state index contributed by atoms with van der Waals surface area (Å²) in [7, 11) is 3.37. The Hall–Kier alpha value is -1.14. The number of likely N-dealkylation sites (N-methyl/N-ethyl adjacent to an activating group) is 1. The van der Waals surface area contributed by atoms with Crippen LogP contribution in [0.3, 0.4) is 0 Å². The number of amides is 3. The van der Waals surface area contributed by atoms with Crippen molar-refractivity contribution >= 4 is 11.9 Å². The molecule has 18 heavy (non-hydrogen) atoms. The standard InChI is InChI=1S/C12H23N3O3/c1-13-12(18)14-11(17)7-8-15(2)9-5-3-4-6-10(9)16/h9-10,16H,3-8H2,1-2H3,(H2,13,14,17,18). The van der Waals surface area contributed by atoms with E-state index in [1.54, 1.807) is 0 Å². The maximum absolute atomic E-state index is 11.4. The first kappa shape index (κ1) is 14.9. The van der Waals surface area contributed by atoms with Crippen molar-refractivity contribution in [1.29, 1.82) is 0 Å². The van der Waals surface area contributed by atoms with Gasteiger partial charge in [0, 0.05) is 26.1 Å². The number of hydrogen-bond acceptors (Lipinski definition) is 4. The summed E-state index contributed by atoms with van der Waals surface area (Å²) in [5.41, 5.74) is 0. The van der Waals surface area contributed by atoms with E-state index in [1.165, 1.54) is 7.05 Å². The van der Waals surface area contributed by atoms with Gasteiger partial charge in [-0.05, 0) is 19.9 Å². The molecule has 1 aliphatic carbocycles. The predicted molar refractivity (Wildman–Crippen MR) is 68.1 cm³/mol. The van der Waals surface area contributed by atoms with E-state index in [1.807, 2.05) is 11.9 Å². The molecule has 0 aromatic rings. The molecule has 0 bridgehead atoms. The first-order chi connectivity index (χ1) is 8.54. The van der Waals surface area contributed by atoms with E-state index in [0.717, 1.165) is 25.7 Å². The summed E-state index contributed by atoms with van der Waals surface area (Å²) in [5, 5.41) is 14.4. The number of rotatable bonds is 4. The maximum Gasteiger partial charge on any atom is 0.321 e. The van der Waals surface area contributed by atoms with E-state index < -0.39 is 6.03 Å². The zero-order valence-electron chi connectivity index (χ0n) is 11.1. The van der Waals surface area contributed by atoms with Gasteiger partial charge in [0.05, 0.1) is 6.10 Å².